The molecule has 1 heteroatoms. The molecule has 0 radical (unpaired) electrons. The van der Waals surface area contributed by atoms with Crippen LogP contribution in [0, 0.1) is 5.41 Å². The molecular formula is C9H17Cl. The van der Waals surface area contributed by atoms with Crippen molar-refractivity contribution in [1.29, 1.82) is 0 Å². The average molecular weight is 161 g/mol. The van der Waals surface area contributed by atoms with E-state index in [-0.39, 0.29) is 4.87 Å². The lowest BCUT2D eigenvalue weighted by Gasteiger charge is -2.40. The van der Waals surface area contributed by atoms with E-state index in [2.05, 4.69) is 20.8 Å². The van der Waals surface area contributed by atoms with Crippen molar-refractivity contribution in [1.82, 2.24) is 0 Å². The lowest BCUT2D eigenvalue weighted by Crippen LogP contribution is -2.34. The van der Waals surface area contributed by atoms with Gasteiger partial charge in [0.1, 0.15) is 0 Å². The van der Waals surface area contributed by atoms with Crippen molar-refractivity contribution in [2.75, 3.05) is 0 Å². The van der Waals surface area contributed by atoms with E-state index in [9.17, 15) is 0 Å². The van der Waals surface area contributed by atoms with Gasteiger partial charge in [0.25, 0.3) is 0 Å². The molecule has 0 nitrogen and oxygen atoms in total. The third kappa shape index (κ3) is 2.16. The highest BCUT2D eigenvalue weighted by atomic mass is 35.5. The van der Waals surface area contributed by atoms with Gasteiger partial charge in [-0.2, -0.15) is 0 Å². The second-order valence-electron chi connectivity index (χ2n) is 4.74. The summed E-state index contributed by atoms with van der Waals surface area (Å²) in [5.74, 6) is 0. The first-order chi connectivity index (χ1) is 4.41. The first-order valence-electron chi connectivity index (χ1n) is 4.10. The summed E-state index contributed by atoms with van der Waals surface area (Å²) in [5, 5.41) is 0. The fourth-order valence-corrected chi connectivity index (χ4v) is 2.36. The maximum Gasteiger partial charge on any atom is 0.0451 e. The number of alkyl halides is 1. The highest BCUT2D eigenvalue weighted by molar-refractivity contribution is 6.24. The summed E-state index contributed by atoms with van der Waals surface area (Å²) in [4.78, 5) is 0.179. The van der Waals surface area contributed by atoms with Crippen LogP contribution in [-0.4, -0.2) is 4.87 Å². The molecule has 60 valence electrons. The first kappa shape index (κ1) is 8.39. The zero-order valence-corrected chi connectivity index (χ0v) is 7.96. The van der Waals surface area contributed by atoms with Gasteiger partial charge in [0, 0.05) is 4.87 Å². The zero-order valence-electron chi connectivity index (χ0n) is 7.21. The molecule has 1 fully saturated rings. The van der Waals surface area contributed by atoms with E-state index < -0.39 is 0 Å². The molecule has 0 bridgehead atoms. The van der Waals surface area contributed by atoms with Crippen LogP contribution in [0.1, 0.15) is 46.5 Å². The number of hydrogen-bond donors (Lipinski definition) is 0. The second-order valence-corrected chi connectivity index (χ2v) is 5.54. The number of rotatable bonds is 1. The zero-order chi connectivity index (χ0) is 7.83. The molecule has 1 rings (SSSR count). The Labute approximate surface area is 69.0 Å². The molecule has 1 aliphatic carbocycles. The summed E-state index contributed by atoms with van der Waals surface area (Å²) < 4.78 is 0. The molecule has 1 aliphatic rings. The minimum absolute atomic E-state index is 0.179. The Morgan fingerprint density at radius 3 is 1.90 bits per heavy atom. The van der Waals surface area contributed by atoms with E-state index in [1.807, 2.05) is 0 Å². The van der Waals surface area contributed by atoms with Crippen molar-refractivity contribution < 1.29 is 0 Å². The minimum atomic E-state index is 0.179. The lowest BCUT2D eigenvalue weighted by atomic mass is 9.74. The van der Waals surface area contributed by atoms with Gasteiger partial charge in [0.15, 0.2) is 0 Å². The SMILES string of the molecule is CC(C)(C)CC1(Cl)CCC1. The van der Waals surface area contributed by atoms with Crippen molar-refractivity contribution in [2.45, 2.75) is 51.3 Å². The van der Waals surface area contributed by atoms with Crippen LogP contribution in [0.25, 0.3) is 0 Å². The molecule has 0 aromatic rings. The molecular weight excluding hydrogens is 144 g/mol. The Morgan fingerprint density at radius 1 is 1.30 bits per heavy atom. The topological polar surface area (TPSA) is 0 Å². The summed E-state index contributed by atoms with van der Waals surface area (Å²) in [6.45, 7) is 6.78. The van der Waals surface area contributed by atoms with Gasteiger partial charge >= 0.3 is 0 Å². The van der Waals surface area contributed by atoms with E-state index in [4.69, 9.17) is 11.6 Å². The van der Waals surface area contributed by atoms with Crippen LogP contribution in [0.4, 0.5) is 0 Å². The predicted molar refractivity (Wildman–Crippen MR) is 46.5 cm³/mol. The quantitative estimate of drug-likeness (QED) is 0.515. The van der Waals surface area contributed by atoms with Crippen LogP contribution in [0.3, 0.4) is 0 Å². The van der Waals surface area contributed by atoms with E-state index in [0.29, 0.717) is 5.41 Å². The highest BCUT2D eigenvalue weighted by Gasteiger charge is 2.37. The van der Waals surface area contributed by atoms with Gasteiger partial charge in [-0.1, -0.05) is 20.8 Å². The second kappa shape index (κ2) is 2.41. The van der Waals surface area contributed by atoms with E-state index >= 15 is 0 Å². The van der Waals surface area contributed by atoms with Crippen molar-refractivity contribution in [3.8, 4) is 0 Å². The molecule has 0 saturated heterocycles. The summed E-state index contributed by atoms with van der Waals surface area (Å²) in [7, 11) is 0. The predicted octanol–water partition coefficient (Wildman–Crippen LogP) is 3.58. The monoisotopic (exact) mass is 160 g/mol. The molecule has 0 aliphatic heterocycles. The van der Waals surface area contributed by atoms with Crippen LogP contribution in [0.5, 0.6) is 0 Å². The van der Waals surface area contributed by atoms with Crippen LogP contribution in [-0.2, 0) is 0 Å². The van der Waals surface area contributed by atoms with Crippen molar-refractivity contribution in [2.24, 2.45) is 5.41 Å². The van der Waals surface area contributed by atoms with Gasteiger partial charge in [-0.3, -0.25) is 0 Å². The van der Waals surface area contributed by atoms with Crippen molar-refractivity contribution in [3.05, 3.63) is 0 Å². The molecule has 0 unspecified atom stereocenters. The Balaban J connectivity index is 2.37. The van der Waals surface area contributed by atoms with Crippen molar-refractivity contribution in [3.63, 3.8) is 0 Å². The van der Waals surface area contributed by atoms with Crippen LogP contribution >= 0.6 is 11.6 Å². The smallest absolute Gasteiger partial charge is 0.0451 e. The summed E-state index contributed by atoms with van der Waals surface area (Å²) in [6.07, 6.45) is 4.96. The number of halogens is 1. The standard InChI is InChI=1S/C9H17Cl/c1-8(2,3)7-9(10)5-4-6-9/h4-7H2,1-3H3. The van der Waals surface area contributed by atoms with Gasteiger partial charge in [-0.25, -0.2) is 0 Å². The Bertz CT molecular complexity index is 117. The van der Waals surface area contributed by atoms with Crippen LogP contribution in [0.2, 0.25) is 0 Å². The Hall–Kier alpha value is 0.290. The Kier molecular flexibility index (Phi) is 2.02. The lowest BCUT2D eigenvalue weighted by molar-refractivity contribution is 0.234. The van der Waals surface area contributed by atoms with Gasteiger partial charge < -0.3 is 0 Å². The normalized spacial score (nSPS) is 24.0. The maximum absolute atomic E-state index is 6.29. The average Bonchev–Trinajstić information content (AvgIpc) is 1.57. The van der Waals surface area contributed by atoms with E-state index in [1.54, 1.807) is 0 Å². The van der Waals surface area contributed by atoms with Crippen LogP contribution < -0.4 is 0 Å². The molecule has 10 heavy (non-hydrogen) atoms. The molecule has 0 atom stereocenters. The Morgan fingerprint density at radius 2 is 1.80 bits per heavy atom. The highest BCUT2D eigenvalue weighted by Crippen LogP contribution is 2.46. The third-order valence-corrected chi connectivity index (χ3v) is 2.61. The molecule has 0 amide bonds. The largest absolute Gasteiger partial charge is 0.119 e. The molecule has 0 aromatic carbocycles. The van der Waals surface area contributed by atoms with E-state index in [1.165, 1.54) is 25.7 Å². The maximum atomic E-state index is 6.29. The summed E-state index contributed by atoms with van der Waals surface area (Å²) in [5.41, 5.74) is 0.405. The van der Waals surface area contributed by atoms with E-state index in [0.717, 1.165) is 0 Å². The minimum Gasteiger partial charge on any atom is -0.119 e. The molecule has 0 N–H and O–H groups in total. The van der Waals surface area contributed by atoms with Gasteiger partial charge in [0.2, 0.25) is 0 Å². The summed E-state index contributed by atoms with van der Waals surface area (Å²) >= 11 is 6.29. The summed E-state index contributed by atoms with van der Waals surface area (Å²) in [6, 6.07) is 0. The van der Waals surface area contributed by atoms with Gasteiger partial charge in [-0.15, -0.1) is 11.6 Å². The van der Waals surface area contributed by atoms with Gasteiger partial charge in [0.05, 0.1) is 0 Å². The molecule has 0 spiro atoms. The first-order valence-corrected chi connectivity index (χ1v) is 4.48. The van der Waals surface area contributed by atoms with Crippen molar-refractivity contribution >= 4 is 11.6 Å². The fourth-order valence-electron chi connectivity index (χ4n) is 1.69. The third-order valence-electron chi connectivity index (χ3n) is 2.10. The molecule has 0 aromatic heterocycles. The fraction of sp³-hybridized carbons (Fsp3) is 1.00. The van der Waals surface area contributed by atoms with Gasteiger partial charge in [-0.05, 0) is 31.1 Å². The molecule has 0 heterocycles. The molecule has 1 saturated carbocycles. The number of hydrogen-bond acceptors (Lipinski definition) is 0. The van der Waals surface area contributed by atoms with Crippen LogP contribution in [0.15, 0.2) is 0 Å².